The Morgan fingerprint density at radius 2 is 1.71 bits per heavy atom. The first-order valence-electron chi connectivity index (χ1n) is 7.67. The second-order valence-electron chi connectivity index (χ2n) is 5.74. The van der Waals surface area contributed by atoms with Crippen molar-refractivity contribution in [3.8, 4) is 0 Å². The van der Waals surface area contributed by atoms with Gasteiger partial charge in [-0.3, -0.25) is 10.1 Å². The fraction of sp³-hybridized carbons (Fsp3) is 0.294. The molecule has 0 atom stereocenters. The van der Waals surface area contributed by atoms with Crippen LogP contribution in [0.5, 0.6) is 0 Å². The highest BCUT2D eigenvalue weighted by atomic mass is 35.5. The number of anilines is 3. The van der Waals surface area contributed by atoms with Crippen LogP contribution in [0.15, 0.2) is 48.5 Å². The molecular weight excluding hydrogens is 328 g/mol. The third-order valence-electron chi connectivity index (χ3n) is 4.10. The first-order chi connectivity index (χ1) is 11.1. The predicted octanol–water partition coefficient (Wildman–Crippen LogP) is 3.51. The minimum atomic E-state index is -0.348. The Balaban J connectivity index is 0.00000208. The minimum absolute atomic E-state index is 0. The van der Waals surface area contributed by atoms with Gasteiger partial charge in [0, 0.05) is 43.6 Å². The lowest BCUT2D eigenvalue weighted by Crippen LogP contribution is -2.44. The highest BCUT2D eigenvalue weighted by molar-refractivity contribution is 5.85. The number of nitrogens with one attached hydrogen (secondary N) is 1. The van der Waals surface area contributed by atoms with Crippen molar-refractivity contribution in [1.82, 2.24) is 4.90 Å². The predicted molar refractivity (Wildman–Crippen MR) is 99.8 cm³/mol. The second kappa shape index (κ2) is 7.99. The van der Waals surface area contributed by atoms with E-state index >= 15 is 0 Å². The van der Waals surface area contributed by atoms with Crippen LogP contribution >= 0.6 is 12.4 Å². The van der Waals surface area contributed by atoms with Gasteiger partial charge in [0.05, 0.1) is 4.92 Å². The molecule has 0 amide bonds. The Morgan fingerprint density at radius 3 is 2.33 bits per heavy atom. The number of likely N-dealkylation sites (N-methyl/N-ethyl adjacent to an activating group) is 1. The van der Waals surface area contributed by atoms with Gasteiger partial charge in [0.15, 0.2) is 0 Å². The van der Waals surface area contributed by atoms with Crippen molar-refractivity contribution < 1.29 is 4.92 Å². The number of hydrogen-bond donors (Lipinski definition) is 1. The maximum atomic E-state index is 11.3. The Hall–Kier alpha value is -2.31. The van der Waals surface area contributed by atoms with Gasteiger partial charge in [0.25, 0.3) is 5.69 Å². The summed E-state index contributed by atoms with van der Waals surface area (Å²) in [6.07, 6.45) is 0. The molecule has 0 spiro atoms. The summed E-state index contributed by atoms with van der Waals surface area (Å²) in [5, 5.41) is 14.5. The minimum Gasteiger partial charge on any atom is -0.369 e. The Labute approximate surface area is 147 Å². The summed E-state index contributed by atoms with van der Waals surface area (Å²) in [6.45, 7) is 3.86. The van der Waals surface area contributed by atoms with Crippen molar-refractivity contribution in [3.05, 3.63) is 58.6 Å². The number of nitro benzene ring substituents is 1. The molecule has 2 aromatic rings. The molecule has 0 aliphatic carbocycles. The highest BCUT2D eigenvalue weighted by Gasteiger charge is 2.19. The Bertz CT molecular complexity index is 688. The van der Waals surface area contributed by atoms with Crippen molar-refractivity contribution in [2.24, 2.45) is 0 Å². The Kier molecular flexibility index (Phi) is 6.00. The maximum Gasteiger partial charge on any atom is 0.292 e. The number of benzene rings is 2. The normalized spacial score (nSPS) is 14.8. The third-order valence-corrected chi connectivity index (χ3v) is 4.10. The molecule has 0 unspecified atom stereocenters. The van der Waals surface area contributed by atoms with E-state index in [0.717, 1.165) is 37.6 Å². The number of halogens is 1. The average molecular weight is 349 g/mol. The van der Waals surface area contributed by atoms with E-state index in [0.29, 0.717) is 5.69 Å². The lowest BCUT2D eigenvalue weighted by molar-refractivity contribution is -0.383. The molecule has 6 nitrogen and oxygen atoms in total. The first kappa shape index (κ1) is 18.0. The first-order valence-corrected chi connectivity index (χ1v) is 7.67. The van der Waals surface area contributed by atoms with E-state index in [9.17, 15) is 10.1 Å². The van der Waals surface area contributed by atoms with Crippen molar-refractivity contribution in [2.75, 3.05) is 43.4 Å². The molecule has 7 heteroatoms. The zero-order chi connectivity index (χ0) is 16.2. The molecule has 0 bridgehead atoms. The van der Waals surface area contributed by atoms with E-state index in [-0.39, 0.29) is 23.0 Å². The van der Waals surface area contributed by atoms with Crippen LogP contribution in [-0.2, 0) is 0 Å². The van der Waals surface area contributed by atoms with Crippen molar-refractivity contribution >= 4 is 35.2 Å². The van der Waals surface area contributed by atoms with Crippen LogP contribution in [0.2, 0.25) is 0 Å². The molecule has 0 radical (unpaired) electrons. The molecule has 1 saturated heterocycles. The van der Waals surface area contributed by atoms with E-state index < -0.39 is 0 Å². The topological polar surface area (TPSA) is 61.7 Å². The maximum absolute atomic E-state index is 11.3. The van der Waals surface area contributed by atoms with Crippen molar-refractivity contribution in [1.29, 1.82) is 0 Å². The molecule has 1 aliphatic rings. The zero-order valence-electron chi connectivity index (χ0n) is 13.5. The van der Waals surface area contributed by atoms with Gasteiger partial charge in [-0.1, -0.05) is 18.2 Å². The summed E-state index contributed by atoms with van der Waals surface area (Å²) < 4.78 is 0. The molecule has 128 valence electrons. The SMILES string of the molecule is CN1CCN(c2ccc([N+](=O)[O-])c(Nc3ccccc3)c2)CC1.Cl. The number of rotatable bonds is 4. The summed E-state index contributed by atoms with van der Waals surface area (Å²) in [4.78, 5) is 15.5. The molecule has 24 heavy (non-hydrogen) atoms. The number of hydrogen-bond acceptors (Lipinski definition) is 5. The van der Waals surface area contributed by atoms with E-state index in [1.165, 1.54) is 0 Å². The molecule has 0 saturated carbocycles. The highest BCUT2D eigenvalue weighted by Crippen LogP contribution is 2.32. The zero-order valence-corrected chi connectivity index (χ0v) is 14.3. The monoisotopic (exact) mass is 348 g/mol. The fourth-order valence-electron chi connectivity index (χ4n) is 2.72. The van der Waals surface area contributed by atoms with Gasteiger partial charge in [-0.25, -0.2) is 0 Å². The van der Waals surface area contributed by atoms with Crippen molar-refractivity contribution in [3.63, 3.8) is 0 Å². The standard InChI is InChI=1S/C17H20N4O2.ClH/c1-19-9-11-20(12-10-19)15-7-8-17(21(22)23)16(13-15)18-14-5-3-2-4-6-14;/h2-8,13,18H,9-12H2,1H3;1H. The molecule has 1 N–H and O–H groups in total. The number of nitrogens with zero attached hydrogens (tertiary/aromatic N) is 3. The summed E-state index contributed by atoms with van der Waals surface area (Å²) in [5.41, 5.74) is 2.47. The van der Waals surface area contributed by atoms with Gasteiger partial charge in [-0.2, -0.15) is 0 Å². The quantitative estimate of drug-likeness (QED) is 0.676. The molecule has 1 aliphatic heterocycles. The van der Waals surface area contributed by atoms with Gasteiger partial charge in [-0.15, -0.1) is 12.4 Å². The summed E-state index contributed by atoms with van der Waals surface area (Å²) in [6, 6.07) is 14.8. The summed E-state index contributed by atoms with van der Waals surface area (Å²) >= 11 is 0. The molecule has 2 aromatic carbocycles. The lowest BCUT2D eigenvalue weighted by atomic mass is 10.2. The van der Waals surface area contributed by atoms with Gasteiger partial charge in [0.1, 0.15) is 5.69 Å². The van der Waals surface area contributed by atoms with Crippen LogP contribution in [0.4, 0.5) is 22.7 Å². The van der Waals surface area contributed by atoms with E-state index in [4.69, 9.17) is 0 Å². The number of nitro groups is 1. The molecule has 0 aromatic heterocycles. The molecule has 1 fully saturated rings. The van der Waals surface area contributed by atoms with E-state index in [1.54, 1.807) is 6.07 Å². The van der Waals surface area contributed by atoms with Gasteiger partial charge < -0.3 is 15.1 Å². The smallest absolute Gasteiger partial charge is 0.292 e. The molecular formula is C17H21ClN4O2. The summed E-state index contributed by atoms with van der Waals surface area (Å²) in [5.74, 6) is 0. The van der Waals surface area contributed by atoms with Crippen LogP contribution in [0, 0.1) is 10.1 Å². The van der Waals surface area contributed by atoms with Gasteiger partial charge in [-0.05, 0) is 31.3 Å². The van der Waals surface area contributed by atoms with E-state index in [1.807, 2.05) is 42.5 Å². The van der Waals surface area contributed by atoms with Gasteiger partial charge in [0.2, 0.25) is 0 Å². The van der Waals surface area contributed by atoms with Crippen LogP contribution in [0.3, 0.4) is 0 Å². The Morgan fingerprint density at radius 1 is 1.04 bits per heavy atom. The third kappa shape index (κ3) is 4.15. The summed E-state index contributed by atoms with van der Waals surface area (Å²) in [7, 11) is 2.11. The lowest BCUT2D eigenvalue weighted by Gasteiger charge is -2.34. The average Bonchev–Trinajstić information content (AvgIpc) is 2.56. The fourth-order valence-corrected chi connectivity index (χ4v) is 2.72. The number of para-hydroxylation sites is 1. The van der Waals surface area contributed by atoms with Crippen LogP contribution < -0.4 is 10.2 Å². The van der Waals surface area contributed by atoms with Crippen LogP contribution in [-0.4, -0.2) is 43.0 Å². The molecule has 3 rings (SSSR count). The van der Waals surface area contributed by atoms with Crippen LogP contribution in [0.1, 0.15) is 0 Å². The number of piperazine rings is 1. The van der Waals surface area contributed by atoms with Crippen LogP contribution in [0.25, 0.3) is 0 Å². The molecule has 1 heterocycles. The van der Waals surface area contributed by atoms with Gasteiger partial charge >= 0.3 is 0 Å². The van der Waals surface area contributed by atoms with Crippen molar-refractivity contribution in [2.45, 2.75) is 0 Å². The largest absolute Gasteiger partial charge is 0.369 e. The second-order valence-corrected chi connectivity index (χ2v) is 5.74. The van der Waals surface area contributed by atoms with E-state index in [2.05, 4.69) is 22.2 Å².